The van der Waals surface area contributed by atoms with E-state index in [2.05, 4.69) is 16.0 Å². The Morgan fingerprint density at radius 2 is 1.75 bits per heavy atom. The number of hydrogen-bond donors (Lipinski definition) is 4. The predicted molar refractivity (Wildman–Crippen MR) is 101 cm³/mol. The fourth-order valence-electron chi connectivity index (χ4n) is 2.06. The highest BCUT2D eigenvalue weighted by molar-refractivity contribution is 6.03. The number of halogens is 1. The summed E-state index contributed by atoms with van der Waals surface area (Å²) in [6, 6.07) is 6.59. The number of carbonyl (C=O) groups excluding carboxylic acids is 2. The van der Waals surface area contributed by atoms with Crippen molar-refractivity contribution < 1.29 is 9.59 Å². The van der Waals surface area contributed by atoms with Gasteiger partial charge in [0.05, 0.1) is 11.3 Å². The largest absolute Gasteiger partial charge is 0.350 e. The molecule has 0 radical (unpaired) electrons. The molecule has 0 fully saturated rings. The number of hydrogen-bond acceptors (Lipinski definition) is 3. The summed E-state index contributed by atoms with van der Waals surface area (Å²) in [5, 5.41) is 8.30. The van der Waals surface area contributed by atoms with Crippen LogP contribution in [0.1, 0.15) is 50.9 Å². The van der Waals surface area contributed by atoms with E-state index >= 15 is 0 Å². The Morgan fingerprint density at radius 3 is 2.29 bits per heavy atom. The maximum atomic E-state index is 12.4. The molecule has 0 aliphatic heterocycles. The third kappa shape index (κ3) is 6.76. The van der Waals surface area contributed by atoms with Gasteiger partial charge in [0.15, 0.2) is 0 Å². The molecule has 1 aromatic carbocycles. The number of nitrogens with one attached hydrogen (secondary N) is 3. The number of carbonyl (C=O) groups is 2. The number of benzene rings is 1. The summed E-state index contributed by atoms with van der Waals surface area (Å²) in [6.45, 7) is 8.14. The molecule has 24 heavy (non-hydrogen) atoms. The van der Waals surface area contributed by atoms with Crippen molar-refractivity contribution in [3.8, 4) is 0 Å². The third-order valence-corrected chi connectivity index (χ3v) is 3.85. The second kappa shape index (κ2) is 10.2. The predicted octanol–water partition coefficient (Wildman–Crippen LogP) is 2.89. The Balaban J connectivity index is 0.00000529. The lowest BCUT2D eigenvalue weighted by atomic mass is 9.94. The van der Waals surface area contributed by atoms with Gasteiger partial charge in [-0.1, -0.05) is 26.0 Å². The van der Waals surface area contributed by atoms with Crippen molar-refractivity contribution in [3.05, 3.63) is 29.8 Å². The van der Waals surface area contributed by atoms with Crippen LogP contribution in [0.2, 0.25) is 0 Å². The van der Waals surface area contributed by atoms with Gasteiger partial charge in [-0.05, 0) is 38.8 Å². The molecule has 0 unspecified atom stereocenters. The molecule has 0 saturated carbocycles. The van der Waals surface area contributed by atoms with Crippen molar-refractivity contribution in [1.82, 2.24) is 10.6 Å². The highest BCUT2D eigenvalue weighted by atomic mass is 35.5. The van der Waals surface area contributed by atoms with Gasteiger partial charge in [0.25, 0.3) is 5.91 Å². The molecule has 0 aromatic heterocycles. The first-order chi connectivity index (χ1) is 10.8. The highest BCUT2D eigenvalue weighted by Gasteiger charge is 2.22. The monoisotopic (exact) mass is 356 g/mol. The average molecular weight is 357 g/mol. The van der Waals surface area contributed by atoms with E-state index in [-0.39, 0.29) is 30.4 Å². The minimum Gasteiger partial charge on any atom is -0.350 e. The first-order valence-corrected chi connectivity index (χ1v) is 8.05. The van der Waals surface area contributed by atoms with Gasteiger partial charge in [0.2, 0.25) is 0 Å². The molecule has 3 amide bonds. The minimum absolute atomic E-state index is 0. The zero-order valence-corrected chi connectivity index (χ0v) is 15.6. The van der Waals surface area contributed by atoms with Gasteiger partial charge in [-0.3, -0.25) is 4.79 Å². The molecule has 0 aliphatic carbocycles. The van der Waals surface area contributed by atoms with E-state index in [0.29, 0.717) is 17.8 Å². The fraction of sp³-hybridized carbons (Fsp3) is 0.529. The zero-order valence-electron chi connectivity index (χ0n) is 14.8. The molecule has 0 spiro atoms. The SMILES string of the molecule is CCC(N)(CC)CNC(=O)c1ccccc1NC(=O)NC(C)C.Cl. The van der Waals surface area contributed by atoms with Crippen molar-refractivity contribution in [1.29, 1.82) is 0 Å². The summed E-state index contributed by atoms with van der Waals surface area (Å²) in [4.78, 5) is 24.2. The molecule has 0 bridgehead atoms. The van der Waals surface area contributed by atoms with E-state index < -0.39 is 5.54 Å². The molecule has 5 N–H and O–H groups in total. The van der Waals surface area contributed by atoms with Gasteiger partial charge < -0.3 is 21.7 Å². The van der Waals surface area contributed by atoms with Gasteiger partial charge in [0.1, 0.15) is 0 Å². The van der Waals surface area contributed by atoms with Crippen LogP contribution in [0.4, 0.5) is 10.5 Å². The lowest BCUT2D eigenvalue weighted by Gasteiger charge is -2.27. The molecular weight excluding hydrogens is 328 g/mol. The van der Waals surface area contributed by atoms with Gasteiger partial charge in [-0.15, -0.1) is 12.4 Å². The van der Waals surface area contributed by atoms with Gasteiger partial charge in [-0.2, -0.15) is 0 Å². The molecular formula is C17H29ClN4O2. The molecule has 1 aromatic rings. The number of amides is 3. The summed E-state index contributed by atoms with van der Waals surface area (Å²) >= 11 is 0. The van der Waals surface area contributed by atoms with Crippen molar-refractivity contribution in [3.63, 3.8) is 0 Å². The smallest absolute Gasteiger partial charge is 0.319 e. The average Bonchev–Trinajstić information content (AvgIpc) is 2.52. The minimum atomic E-state index is -0.410. The van der Waals surface area contributed by atoms with Crippen LogP contribution in [-0.2, 0) is 0 Å². The Bertz CT molecular complexity index is 545. The first kappa shape index (κ1) is 22.2. The molecule has 7 heteroatoms. The molecule has 0 heterocycles. The zero-order chi connectivity index (χ0) is 17.5. The van der Waals surface area contributed by atoms with Gasteiger partial charge in [-0.25, -0.2) is 4.79 Å². The maximum Gasteiger partial charge on any atom is 0.319 e. The summed E-state index contributed by atoms with van der Waals surface area (Å²) in [7, 11) is 0. The normalized spacial score (nSPS) is 10.8. The first-order valence-electron chi connectivity index (χ1n) is 8.05. The van der Waals surface area contributed by atoms with Crippen molar-refractivity contribution in [2.75, 3.05) is 11.9 Å². The van der Waals surface area contributed by atoms with Gasteiger partial charge in [0, 0.05) is 18.1 Å². The molecule has 6 nitrogen and oxygen atoms in total. The molecule has 0 saturated heterocycles. The number of para-hydroxylation sites is 1. The Morgan fingerprint density at radius 1 is 1.17 bits per heavy atom. The second-order valence-corrected chi connectivity index (χ2v) is 6.05. The van der Waals surface area contributed by atoms with E-state index in [9.17, 15) is 9.59 Å². The van der Waals surface area contributed by atoms with Crippen LogP contribution < -0.4 is 21.7 Å². The van der Waals surface area contributed by atoms with E-state index in [1.54, 1.807) is 24.3 Å². The second-order valence-electron chi connectivity index (χ2n) is 6.05. The summed E-state index contributed by atoms with van der Waals surface area (Å²) < 4.78 is 0. The molecule has 136 valence electrons. The Kier molecular flexibility index (Phi) is 9.40. The summed E-state index contributed by atoms with van der Waals surface area (Å²) in [5.41, 5.74) is 6.68. The van der Waals surface area contributed by atoms with Crippen LogP contribution in [0.25, 0.3) is 0 Å². The Labute approximate surface area is 150 Å². The quantitative estimate of drug-likeness (QED) is 0.604. The van der Waals surface area contributed by atoms with Crippen molar-refractivity contribution in [2.24, 2.45) is 5.73 Å². The lowest BCUT2D eigenvalue weighted by Crippen LogP contribution is -2.49. The van der Waals surface area contributed by atoms with Crippen LogP contribution in [0, 0.1) is 0 Å². The standard InChI is InChI=1S/C17H28N4O2.ClH/c1-5-17(18,6-2)11-19-15(22)13-9-7-8-10-14(13)21-16(23)20-12(3)4;/h7-10,12H,5-6,11,18H2,1-4H3,(H,19,22)(H2,20,21,23);1H. The number of nitrogens with two attached hydrogens (primary N) is 1. The maximum absolute atomic E-state index is 12.4. The van der Waals surface area contributed by atoms with Crippen LogP contribution in [-0.4, -0.2) is 30.1 Å². The topological polar surface area (TPSA) is 96.2 Å². The summed E-state index contributed by atoms with van der Waals surface area (Å²) in [5.74, 6) is -0.248. The third-order valence-electron chi connectivity index (χ3n) is 3.85. The fourth-order valence-corrected chi connectivity index (χ4v) is 2.06. The Hall–Kier alpha value is -1.79. The van der Waals surface area contributed by atoms with Crippen molar-refractivity contribution in [2.45, 2.75) is 52.1 Å². The van der Waals surface area contributed by atoms with E-state index in [1.165, 1.54) is 0 Å². The number of rotatable bonds is 7. The summed E-state index contributed by atoms with van der Waals surface area (Å²) in [6.07, 6.45) is 1.56. The molecule has 0 atom stereocenters. The van der Waals surface area contributed by atoms with Crippen LogP contribution in [0.15, 0.2) is 24.3 Å². The number of anilines is 1. The van der Waals surface area contributed by atoms with Crippen LogP contribution in [0.3, 0.4) is 0 Å². The molecule has 1 rings (SSSR count). The highest BCUT2D eigenvalue weighted by Crippen LogP contribution is 2.16. The lowest BCUT2D eigenvalue weighted by molar-refractivity contribution is 0.0943. The van der Waals surface area contributed by atoms with E-state index in [0.717, 1.165) is 12.8 Å². The van der Waals surface area contributed by atoms with E-state index in [4.69, 9.17) is 5.73 Å². The van der Waals surface area contributed by atoms with Crippen molar-refractivity contribution >= 4 is 30.0 Å². The van der Waals surface area contributed by atoms with Crippen LogP contribution in [0.5, 0.6) is 0 Å². The number of urea groups is 1. The van der Waals surface area contributed by atoms with E-state index in [1.807, 2.05) is 27.7 Å². The van der Waals surface area contributed by atoms with Crippen LogP contribution >= 0.6 is 12.4 Å². The molecule has 0 aliphatic rings. The van der Waals surface area contributed by atoms with Gasteiger partial charge >= 0.3 is 6.03 Å².